The Hall–Kier alpha value is -3.29. The molecule has 1 unspecified atom stereocenters. The number of halogens is 1. The Balaban J connectivity index is 1.78. The number of benzene rings is 1. The van der Waals surface area contributed by atoms with E-state index in [-0.39, 0.29) is 34.6 Å². The summed E-state index contributed by atoms with van der Waals surface area (Å²) in [5.74, 6) is 0.289. The summed E-state index contributed by atoms with van der Waals surface area (Å²) in [7, 11) is 0. The molecule has 0 saturated carbocycles. The van der Waals surface area contributed by atoms with Gasteiger partial charge < -0.3 is 16.0 Å². The normalized spacial score (nSPS) is 12.6. The average molecular weight is 383 g/mol. The molecule has 7 nitrogen and oxygen atoms in total. The molecule has 3 aromatic rings. The van der Waals surface area contributed by atoms with E-state index in [4.69, 9.17) is 0 Å². The van der Waals surface area contributed by atoms with Gasteiger partial charge in [-0.2, -0.15) is 4.98 Å². The van der Waals surface area contributed by atoms with Crippen molar-refractivity contribution in [2.45, 2.75) is 33.7 Å². The highest BCUT2D eigenvalue weighted by molar-refractivity contribution is 5.78. The number of hydrogen-bond acceptors (Lipinski definition) is 7. The maximum absolute atomic E-state index is 13.0. The fourth-order valence-electron chi connectivity index (χ4n) is 2.36. The quantitative estimate of drug-likeness (QED) is 0.560. The van der Waals surface area contributed by atoms with E-state index in [1.807, 2.05) is 27.7 Å². The van der Waals surface area contributed by atoms with Crippen LogP contribution >= 0.6 is 0 Å². The van der Waals surface area contributed by atoms with Crippen molar-refractivity contribution in [3.63, 3.8) is 0 Å². The van der Waals surface area contributed by atoms with Gasteiger partial charge in [0.15, 0.2) is 0 Å². The lowest BCUT2D eigenvalue weighted by molar-refractivity contribution is 0.359. The van der Waals surface area contributed by atoms with E-state index in [1.165, 1.54) is 18.3 Å². The van der Waals surface area contributed by atoms with Crippen LogP contribution < -0.4 is 26.8 Å². The summed E-state index contributed by atoms with van der Waals surface area (Å²) in [5, 5.41) is 8.97. The van der Waals surface area contributed by atoms with Crippen LogP contribution in [0.25, 0.3) is 0 Å². The standard InChI is InChI=1S/C20H22FN5O2/c1-11(20(2,3)4)23-15-16(18(28)17(15)27)25-14-9-10-22-19(26-14)24-13-7-5-12(21)6-8-13/h5-11,23H,1-4H3,(H2,22,24,25,26). The zero-order valence-electron chi connectivity index (χ0n) is 16.1. The molecule has 0 saturated heterocycles. The summed E-state index contributed by atoms with van der Waals surface area (Å²) >= 11 is 0. The molecule has 1 atom stereocenters. The van der Waals surface area contributed by atoms with Gasteiger partial charge in [0.1, 0.15) is 23.0 Å². The van der Waals surface area contributed by atoms with Crippen LogP contribution in [0.2, 0.25) is 0 Å². The molecule has 0 radical (unpaired) electrons. The number of rotatable bonds is 6. The third-order valence-electron chi connectivity index (χ3n) is 4.58. The zero-order chi connectivity index (χ0) is 20.5. The summed E-state index contributed by atoms with van der Waals surface area (Å²) in [6, 6.07) is 7.34. The van der Waals surface area contributed by atoms with Crippen LogP contribution in [0.3, 0.4) is 0 Å². The number of anilines is 5. The number of hydrogen-bond donors (Lipinski definition) is 3. The average Bonchev–Trinajstić information content (AvgIpc) is 2.65. The Morgan fingerprint density at radius 2 is 1.61 bits per heavy atom. The third kappa shape index (κ3) is 4.16. The van der Waals surface area contributed by atoms with Crippen molar-refractivity contribution in [1.29, 1.82) is 0 Å². The van der Waals surface area contributed by atoms with E-state index >= 15 is 0 Å². The molecule has 3 rings (SSSR count). The number of nitrogens with zero attached hydrogens (tertiary/aromatic N) is 2. The minimum absolute atomic E-state index is 0.0162. The van der Waals surface area contributed by atoms with Crippen molar-refractivity contribution in [1.82, 2.24) is 9.97 Å². The minimum atomic E-state index is -0.588. The fraction of sp³-hybridized carbons (Fsp3) is 0.300. The number of nitrogens with one attached hydrogen (secondary N) is 3. The molecule has 28 heavy (non-hydrogen) atoms. The van der Waals surface area contributed by atoms with Gasteiger partial charge in [-0.05, 0) is 42.7 Å². The predicted molar refractivity (Wildman–Crippen MR) is 109 cm³/mol. The van der Waals surface area contributed by atoms with Crippen LogP contribution in [0.4, 0.5) is 33.2 Å². The molecule has 3 N–H and O–H groups in total. The first-order valence-electron chi connectivity index (χ1n) is 8.87. The highest BCUT2D eigenvalue weighted by atomic mass is 19.1. The maximum Gasteiger partial charge on any atom is 0.253 e. The van der Waals surface area contributed by atoms with E-state index < -0.39 is 10.9 Å². The van der Waals surface area contributed by atoms with E-state index in [9.17, 15) is 14.0 Å². The van der Waals surface area contributed by atoms with Gasteiger partial charge in [-0.15, -0.1) is 0 Å². The van der Waals surface area contributed by atoms with Crippen molar-refractivity contribution in [3.8, 4) is 0 Å². The third-order valence-corrected chi connectivity index (χ3v) is 4.58. The molecule has 0 spiro atoms. The summed E-state index contributed by atoms with van der Waals surface area (Å²) < 4.78 is 13.0. The van der Waals surface area contributed by atoms with Crippen LogP contribution in [-0.4, -0.2) is 16.0 Å². The van der Waals surface area contributed by atoms with Gasteiger partial charge in [-0.1, -0.05) is 20.8 Å². The minimum Gasteiger partial charge on any atom is -0.377 e. The van der Waals surface area contributed by atoms with Crippen LogP contribution in [-0.2, 0) is 0 Å². The maximum atomic E-state index is 13.0. The highest BCUT2D eigenvalue weighted by Crippen LogP contribution is 2.26. The molecule has 0 fully saturated rings. The molecule has 2 aromatic carbocycles. The molecule has 146 valence electrons. The van der Waals surface area contributed by atoms with Crippen LogP contribution in [0.1, 0.15) is 27.7 Å². The smallest absolute Gasteiger partial charge is 0.253 e. The number of aromatic nitrogens is 2. The van der Waals surface area contributed by atoms with Crippen molar-refractivity contribution in [2.24, 2.45) is 5.41 Å². The second-order valence-corrected chi connectivity index (χ2v) is 7.66. The molecule has 0 aliphatic rings. The van der Waals surface area contributed by atoms with E-state index in [2.05, 4.69) is 25.9 Å². The first-order chi connectivity index (χ1) is 13.1. The first-order valence-corrected chi connectivity index (χ1v) is 8.87. The van der Waals surface area contributed by atoms with Gasteiger partial charge in [0.05, 0.1) is 0 Å². The molecule has 0 amide bonds. The second kappa shape index (κ2) is 7.38. The van der Waals surface area contributed by atoms with E-state index in [0.717, 1.165) is 0 Å². The lowest BCUT2D eigenvalue weighted by atomic mass is 9.87. The van der Waals surface area contributed by atoms with Crippen LogP contribution in [0.15, 0.2) is 46.1 Å². The Morgan fingerprint density at radius 3 is 2.25 bits per heavy atom. The van der Waals surface area contributed by atoms with Gasteiger partial charge in [-0.25, -0.2) is 9.37 Å². The summed E-state index contributed by atoms with van der Waals surface area (Å²) in [5.41, 5.74) is -0.147. The highest BCUT2D eigenvalue weighted by Gasteiger charge is 2.27. The lowest BCUT2D eigenvalue weighted by Gasteiger charge is -2.30. The van der Waals surface area contributed by atoms with Crippen LogP contribution in [0, 0.1) is 11.2 Å². The van der Waals surface area contributed by atoms with Gasteiger partial charge in [0.2, 0.25) is 5.95 Å². The second-order valence-electron chi connectivity index (χ2n) is 7.66. The molecule has 0 bridgehead atoms. The van der Waals surface area contributed by atoms with Crippen LogP contribution in [0.5, 0.6) is 0 Å². The molecule has 8 heteroatoms. The Labute approximate surface area is 161 Å². The lowest BCUT2D eigenvalue weighted by Crippen LogP contribution is -2.41. The predicted octanol–water partition coefficient (Wildman–Crippen LogP) is 3.55. The van der Waals surface area contributed by atoms with Crippen molar-refractivity contribution >= 4 is 28.8 Å². The molecule has 0 aliphatic heterocycles. The van der Waals surface area contributed by atoms with Gasteiger partial charge in [-0.3, -0.25) is 9.59 Å². The molecule has 1 heterocycles. The van der Waals surface area contributed by atoms with Gasteiger partial charge in [0.25, 0.3) is 10.9 Å². The largest absolute Gasteiger partial charge is 0.377 e. The van der Waals surface area contributed by atoms with Gasteiger partial charge >= 0.3 is 0 Å². The molecular weight excluding hydrogens is 361 g/mol. The zero-order valence-corrected chi connectivity index (χ0v) is 16.1. The summed E-state index contributed by atoms with van der Waals surface area (Å²) in [6.45, 7) is 8.08. The van der Waals surface area contributed by atoms with Crippen molar-refractivity contribution in [2.75, 3.05) is 16.0 Å². The van der Waals surface area contributed by atoms with E-state index in [0.29, 0.717) is 11.5 Å². The van der Waals surface area contributed by atoms with Crippen molar-refractivity contribution in [3.05, 3.63) is 62.8 Å². The van der Waals surface area contributed by atoms with E-state index in [1.54, 1.807) is 18.2 Å². The summed E-state index contributed by atoms with van der Waals surface area (Å²) in [6.07, 6.45) is 1.51. The molecular formula is C20H22FN5O2. The molecule has 1 aromatic heterocycles. The van der Waals surface area contributed by atoms with Gasteiger partial charge in [0, 0.05) is 17.9 Å². The summed E-state index contributed by atoms with van der Waals surface area (Å²) in [4.78, 5) is 32.4. The SMILES string of the molecule is CC(Nc1c(Nc2ccnc(Nc3ccc(F)cc3)n2)c(=O)c1=O)C(C)(C)C. The topological polar surface area (TPSA) is 96.0 Å². The first kappa shape index (κ1) is 19.5. The monoisotopic (exact) mass is 383 g/mol. The fourth-order valence-corrected chi connectivity index (χ4v) is 2.36. The Morgan fingerprint density at radius 1 is 0.964 bits per heavy atom. The van der Waals surface area contributed by atoms with Crippen molar-refractivity contribution < 1.29 is 4.39 Å². The Kier molecular flexibility index (Phi) is 5.13. The Bertz CT molecular complexity index is 1050. The molecule has 0 aliphatic carbocycles.